The number of rotatable bonds is 4. The van der Waals surface area contributed by atoms with Gasteiger partial charge < -0.3 is 15.2 Å². The Morgan fingerprint density at radius 3 is 2.52 bits per heavy atom. The summed E-state index contributed by atoms with van der Waals surface area (Å²) in [7, 11) is 3.14. The van der Waals surface area contributed by atoms with Gasteiger partial charge in [0.15, 0.2) is 0 Å². The second kappa shape index (κ2) is 6.83. The lowest BCUT2D eigenvalue weighted by molar-refractivity contribution is 0.385. The molecule has 0 aliphatic heterocycles. The van der Waals surface area contributed by atoms with Crippen LogP contribution in [0, 0.1) is 0 Å². The molecule has 21 heavy (non-hydrogen) atoms. The van der Waals surface area contributed by atoms with Crippen molar-refractivity contribution in [3.8, 4) is 11.5 Å². The molecule has 0 aliphatic rings. The predicted octanol–water partition coefficient (Wildman–Crippen LogP) is 4.22. The molecule has 0 spiro atoms. The van der Waals surface area contributed by atoms with Gasteiger partial charge in [-0.15, -0.1) is 0 Å². The van der Waals surface area contributed by atoms with Gasteiger partial charge in [0.25, 0.3) is 0 Å². The van der Waals surface area contributed by atoms with Crippen molar-refractivity contribution in [1.29, 1.82) is 0 Å². The molecule has 0 bridgehead atoms. The summed E-state index contributed by atoms with van der Waals surface area (Å²) in [6.07, 6.45) is 1.51. The molecule has 1 atom stereocenters. The van der Waals surface area contributed by atoms with Crippen LogP contribution in [0.5, 0.6) is 11.5 Å². The number of methoxy groups -OCH3 is 2. The lowest BCUT2D eigenvalue weighted by Gasteiger charge is -2.18. The van der Waals surface area contributed by atoms with E-state index in [1.165, 1.54) is 6.20 Å². The van der Waals surface area contributed by atoms with Crippen molar-refractivity contribution in [2.75, 3.05) is 14.2 Å². The standard InChI is InChI=1S/C14H13BrCl2N2O2/c1-20-10-4-3-8(14(21-2)11(10)15)12(18)13-9(17)5-7(16)6-19-13/h3-6,12H,18H2,1-2H3. The summed E-state index contributed by atoms with van der Waals surface area (Å²) in [5.74, 6) is 1.23. The van der Waals surface area contributed by atoms with Gasteiger partial charge >= 0.3 is 0 Å². The average Bonchev–Trinajstić information content (AvgIpc) is 2.46. The van der Waals surface area contributed by atoms with E-state index in [9.17, 15) is 0 Å². The minimum atomic E-state index is -0.549. The van der Waals surface area contributed by atoms with E-state index in [4.69, 9.17) is 38.4 Å². The summed E-state index contributed by atoms with van der Waals surface area (Å²) in [6.45, 7) is 0. The highest BCUT2D eigenvalue weighted by atomic mass is 79.9. The zero-order chi connectivity index (χ0) is 15.6. The summed E-state index contributed by atoms with van der Waals surface area (Å²) in [4.78, 5) is 4.21. The molecule has 1 unspecified atom stereocenters. The van der Waals surface area contributed by atoms with Crippen LogP contribution in [0.15, 0.2) is 28.9 Å². The first-order valence-electron chi connectivity index (χ1n) is 5.96. The van der Waals surface area contributed by atoms with Crippen LogP contribution in [0.2, 0.25) is 10.0 Å². The van der Waals surface area contributed by atoms with Gasteiger partial charge in [0, 0.05) is 11.8 Å². The Kier molecular flexibility index (Phi) is 5.32. The van der Waals surface area contributed by atoms with Gasteiger partial charge in [-0.1, -0.05) is 23.2 Å². The summed E-state index contributed by atoms with van der Waals surface area (Å²) in [5, 5.41) is 0.864. The molecule has 0 aliphatic carbocycles. The number of halogens is 3. The normalized spacial score (nSPS) is 12.1. The Morgan fingerprint density at radius 1 is 1.24 bits per heavy atom. The van der Waals surface area contributed by atoms with E-state index in [0.717, 1.165) is 5.56 Å². The van der Waals surface area contributed by atoms with E-state index >= 15 is 0 Å². The number of nitrogens with zero attached hydrogens (tertiary/aromatic N) is 1. The smallest absolute Gasteiger partial charge is 0.141 e. The van der Waals surface area contributed by atoms with Gasteiger partial charge in [0.1, 0.15) is 16.0 Å². The Morgan fingerprint density at radius 2 is 1.95 bits per heavy atom. The fraction of sp³-hybridized carbons (Fsp3) is 0.214. The van der Waals surface area contributed by atoms with E-state index in [-0.39, 0.29) is 0 Å². The lowest BCUT2D eigenvalue weighted by Crippen LogP contribution is -2.15. The van der Waals surface area contributed by atoms with Gasteiger partial charge in [0.2, 0.25) is 0 Å². The highest BCUT2D eigenvalue weighted by Crippen LogP contribution is 2.41. The van der Waals surface area contributed by atoms with E-state index in [0.29, 0.717) is 31.7 Å². The Balaban J connectivity index is 2.52. The van der Waals surface area contributed by atoms with Crippen LogP contribution in [0.25, 0.3) is 0 Å². The lowest BCUT2D eigenvalue weighted by atomic mass is 10.0. The van der Waals surface area contributed by atoms with Crippen molar-refractivity contribution in [2.45, 2.75) is 6.04 Å². The highest BCUT2D eigenvalue weighted by molar-refractivity contribution is 9.10. The molecule has 7 heteroatoms. The summed E-state index contributed by atoms with van der Waals surface area (Å²) >= 11 is 15.5. The molecule has 0 radical (unpaired) electrons. The first-order valence-corrected chi connectivity index (χ1v) is 7.51. The molecule has 0 fully saturated rings. The average molecular weight is 392 g/mol. The van der Waals surface area contributed by atoms with Crippen molar-refractivity contribution in [3.63, 3.8) is 0 Å². The Bertz CT molecular complexity index is 668. The van der Waals surface area contributed by atoms with E-state index in [2.05, 4.69) is 20.9 Å². The molecule has 2 N–H and O–H groups in total. The predicted molar refractivity (Wildman–Crippen MR) is 87.5 cm³/mol. The molecule has 1 aromatic carbocycles. The maximum absolute atomic E-state index is 6.27. The molecule has 0 saturated carbocycles. The molecule has 0 saturated heterocycles. The second-order valence-corrected chi connectivity index (χ2v) is 5.84. The minimum absolute atomic E-state index is 0.406. The Hall–Kier alpha value is -1.01. The molecule has 2 rings (SSSR count). The van der Waals surface area contributed by atoms with E-state index in [1.54, 1.807) is 26.4 Å². The van der Waals surface area contributed by atoms with Gasteiger partial charge in [-0.2, -0.15) is 0 Å². The number of aromatic nitrogens is 1. The van der Waals surface area contributed by atoms with Crippen LogP contribution in [0.1, 0.15) is 17.3 Å². The number of ether oxygens (including phenoxy) is 2. The SMILES string of the molecule is COc1ccc(C(N)c2ncc(Cl)cc2Cl)c(OC)c1Br. The zero-order valence-electron chi connectivity index (χ0n) is 11.4. The van der Waals surface area contributed by atoms with E-state index in [1.807, 2.05) is 6.07 Å². The van der Waals surface area contributed by atoms with Crippen molar-refractivity contribution >= 4 is 39.1 Å². The monoisotopic (exact) mass is 390 g/mol. The van der Waals surface area contributed by atoms with Crippen LogP contribution >= 0.6 is 39.1 Å². The van der Waals surface area contributed by atoms with Gasteiger partial charge in [-0.25, -0.2) is 0 Å². The first kappa shape index (κ1) is 16.4. The van der Waals surface area contributed by atoms with Gasteiger partial charge in [0.05, 0.1) is 36.0 Å². The van der Waals surface area contributed by atoms with Crippen LogP contribution in [0.4, 0.5) is 0 Å². The summed E-state index contributed by atoms with van der Waals surface area (Å²) < 4.78 is 11.3. The molecule has 4 nitrogen and oxygen atoms in total. The summed E-state index contributed by atoms with van der Waals surface area (Å²) in [5.41, 5.74) is 7.53. The van der Waals surface area contributed by atoms with Crippen LogP contribution in [0.3, 0.4) is 0 Å². The van der Waals surface area contributed by atoms with Crippen LogP contribution in [-0.2, 0) is 0 Å². The number of pyridine rings is 1. The third kappa shape index (κ3) is 3.26. The fourth-order valence-electron chi connectivity index (χ4n) is 1.96. The maximum atomic E-state index is 6.27. The number of nitrogens with two attached hydrogens (primary N) is 1. The third-order valence-corrected chi connectivity index (χ3v) is 4.24. The van der Waals surface area contributed by atoms with Crippen LogP contribution in [-0.4, -0.2) is 19.2 Å². The minimum Gasteiger partial charge on any atom is -0.495 e. The third-order valence-electron chi connectivity index (χ3n) is 2.98. The van der Waals surface area contributed by atoms with Crippen molar-refractivity contribution in [2.24, 2.45) is 5.73 Å². The molecule has 0 amide bonds. The molecule has 2 aromatic rings. The van der Waals surface area contributed by atoms with Crippen molar-refractivity contribution in [3.05, 3.63) is 50.2 Å². The van der Waals surface area contributed by atoms with Gasteiger partial charge in [-0.05, 0) is 34.1 Å². The Labute approximate surface area is 141 Å². The largest absolute Gasteiger partial charge is 0.495 e. The topological polar surface area (TPSA) is 57.4 Å². The molecular weight excluding hydrogens is 379 g/mol. The van der Waals surface area contributed by atoms with Crippen molar-refractivity contribution < 1.29 is 9.47 Å². The second-order valence-electron chi connectivity index (χ2n) is 4.20. The van der Waals surface area contributed by atoms with E-state index < -0.39 is 6.04 Å². The molecule has 1 aromatic heterocycles. The number of hydrogen-bond donors (Lipinski definition) is 1. The molecule has 1 heterocycles. The fourth-order valence-corrected chi connectivity index (χ4v) is 3.15. The van der Waals surface area contributed by atoms with Crippen LogP contribution < -0.4 is 15.2 Å². The van der Waals surface area contributed by atoms with Gasteiger partial charge in [-0.3, -0.25) is 4.98 Å². The maximum Gasteiger partial charge on any atom is 0.141 e. The van der Waals surface area contributed by atoms with Crippen molar-refractivity contribution in [1.82, 2.24) is 4.98 Å². The number of benzene rings is 1. The number of hydrogen-bond acceptors (Lipinski definition) is 4. The highest BCUT2D eigenvalue weighted by Gasteiger charge is 2.21. The summed E-state index contributed by atoms with van der Waals surface area (Å²) in [6, 6.07) is 4.67. The molecular formula is C14H13BrCl2N2O2. The molecule has 112 valence electrons. The zero-order valence-corrected chi connectivity index (χ0v) is 14.5. The first-order chi connectivity index (χ1) is 9.99. The quantitative estimate of drug-likeness (QED) is 0.847.